The van der Waals surface area contributed by atoms with E-state index in [2.05, 4.69) is 5.32 Å². The predicted molar refractivity (Wildman–Crippen MR) is 162 cm³/mol. The van der Waals surface area contributed by atoms with Crippen LogP contribution in [-0.2, 0) is 22.5 Å². The third-order valence-electron chi connectivity index (χ3n) is 7.82. The van der Waals surface area contributed by atoms with Gasteiger partial charge in [0.05, 0.1) is 17.6 Å². The normalized spacial score (nSPS) is 18.6. The van der Waals surface area contributed by atoms with Crippen molar-refractivity contribution in [3.05, 3.63) is 111 Å². The van der Waals surface area contributed by atoms with E-state index in [1.54, 1.807) is 46.2 Å². The number of hydrogen-bond acceptors (Lipinski definition) is 7. The number of nitro benzene ring substituents is 1. The smallest absolute Gasteiger partial charge is 0.293 e. The first kappa shape index (κ1) is 29.8. The summed E-state index contributed by atoms with van der Waals surface area (Å²) in [6.45, 7) is 5.10. The first-order chi connectivity index (χ1) is 20.7. The number of phenols is 1. The van der Waals surface area contributed by atoms with Crippen molar-refractivity contribution in [2.24, 2.45) is 5.92 Å². The molecule has 224 valence electrons. The number of nitro groups is 1. The number of rotatable bonds is 10. The second-order valence-corrected chi connectivity index (χ2v) is 11.3. The number of nitrogens with zero attached hydrogens (tertiary/aromatic N) is 3. The van der Waals surface area contributed by atoms with Crippen LogP contribution in [0.15, 0.2) is 84.7 Å². The third-order valence-corrected chi connectivity index (χ3v) is 7.82. The molecule has 1 fully saturated rings. The lowest BCUT2D eigenvalue weighted by Gasteiger charge is -2.42. The van der Waals surface area contributed by atoms with Crippen molar-refractivity contribution in [1.82, 2.24) is 10.2 Å². The zero-order valence-electron chi connectivity index (χ0n) is 24.3. The molecule has 0 aromatic heterocycles. The molecule has 5 rings (SSSR count). The molecule has 0 aliphatic carbocycles. The van der Waals surface area contributed by atoms with Gasteiger partial charge in [0.15, 0.2) is 0 Å². The molecule has 0 radical (unpaired) electrons. The van der Waals surface area contributed by atoms with E-state index in [4.69, 9.17) is 4.74 Å². The zero-order valence-corrected chi connectivity index (χ0v) is 24.3. The maximum Gasteiger partial charge on any atom is 0.293 e. The number of carbonyl (C=O) groups is 2. The molecule has 10 nitrogen and oxygen atoms in total. The number of hydrogen-bond donors (Lipinski definition) is 2. The number of ether oxygens (including phenoxy) is 1. The molecule has 2 heterocycles. The van der Waals surface area contributed by atoms with Crippen LogP contribution in [0.3, 0.4) is 0 Å². The maximum atomic E-state index is 14.2. The zero-order chi connectivity index (χ0) is 30.5. The van der Waals surface area contributed by atoms with Crippen molar-refractivity contribution >= 4 is 23.2 Å². The predicted octanol–water partition coefficient (Wildman–Crippen LogP) is 5.17. The molecule has 3 aromatic rings. The molecule has 2 aliphatic rings. The second-order valence-electron chi connectivity index (χ2n) is 11.3. The van der Waals surface area contributed by atoms with Crippen molar-refractivity contribution in [2.75, 3.05) is 18.1 Å². The molecule has 10 heteroatoms. The Morgan fingerprint density at radius 2 is 1.84 bits per heavy atom. The minimum atomic E-state index is -0.727. The molecule has 2 atom stereocenters. The Balaban J connectivity index is 1.53. The van der Waals surface area contributed by atoms with Gasteiger partial charge >= 0.3 is 0 Å². The lowest BCUT2D eigenvalue weighted by Crippen LogP contribution is -2.53. The van der Waals surface area contributed by atoms with Gasteiger partial charge in [-0.25, -0.2) is 0 Å². The number of phenolic OH excluding ortho intramolecular Hbond substituents is 1. The second kappa shape index (κ2) is 13.1. The van der Waals surface area contributed by atoms with Crippen molar-refractivity contribution in [3.8, 4) is 5.75 Å². The Morgan fingerprint density at radius 3 is 2.49 bits per heavy atom. The van der Waals surface area contributed by atoms with E-state index in [1.807, 2.05) is 50.4 Å². The molecule has 3 aromatic carbocycles. The van der Waals surface area contributed by atoms with Crippen LogP contribution in [0.4, 0.5) is 11.4 Å². The van der Waals surface area contributed by atoms with E-state index in [9.17, 15) is 24.8 Å². The van der Waals surface area contributed by atoms with Crippen LogP contribution in [0.1, 0.15) is 48.2 Å². The van der Waals surface area contributed by atoms with Crippen LogP contribution in [0.25, 0.3) is 0 Å². The van der Waals surface area contributed by atoms with E-state index < -0.39 is 16.9 Å². The SMILES string of the molecule is CC(C)[C@@H]1C(=O)N(Cc2ccc(O)cc2)C(Cc2ccccc2)=CN1c1ccc(C(=O)NC[C@H]2CCCO2)cc1[N+](=O)[O-]. The summed E-state index contributed by atoms with van der Waals surface area (Å²) in [6, 6.07) is 20.1. The first-order valence-corrected chi connectivity index (χ1v) is 14.5. The summed E-state index contributed by atoms with van der Waals surface area (Å²) < 4.78 is 5.56. The Labute approximate surface area is 250 Å². The standard InChI is InChI=1S/C33H36N4O6/c1-22(2)31-33(40)35(20-24-10-13-27(38)14-11-24)26(17-23-7-4-3-5-8-23)21-36(31)29-15-12-25(18-30(29)37(41)42)32(39)34-19-28-9-6-16-43-28/h3-5,7-8,10-15,18,21-22,28,31,38H,6,9,16-17,19-20H2,1-2H3,(H,34,39)/t28-,31-/m1/s1. The lowest BCUT2D eigenvalue weighted by atomic mass is 9.95. The van der Waals surface area contributed by atoms with Crippen molar-refractivity contribution in [2.45, 2.75) is 51.8 Å². The number of aromatic hydroxyl groups is 1. The Bertz CT molecular complexity index is 1500. The van der Waals surface area contributed by atoms with Gasteiger partial charge in [0.2, 0.25) is 5.91 Å². The van der Waals surface area contributed by atoms with Gasteiger partial charge in [-0.1, -0.05) is 56.3 Å². The largest absolute Gasteiger partial charge is 0.508 e. The number of nitrogens with one attached hydrogen (secondary N) is 1. The number of amides is 2. The molecule has 2 amide bonds. The van der Waals surface area contributed by atoms with E-state index in [-0.39, 0.29) is 47.2 Å². The molecule has 2 N–H and O–H groups in total. The van der Waals surface area contributed by atoms with Gasteiger partial charge in [0.1, 0.15) is 17.5 Å². The fraction of sp³-hybridized carbons (Fsp3) is 0.333. The minimum Gasteiger partial charge on any atom is -0.508 e. The van der Waals surface area contributed by atoms with E-state index in [1.165, 1.54) is 6.07 Å². The number of anilines is 1. The van der Waals surface area contributed by atoms with E-state index in [0.29, 0.717) is 25.3 Å². The van der Waals surface area contributed by atoms with Crippen LogP contribution in [0, 0.1) is 16.0 Å². The minimum absolute atomic E-state index is 0.0536. The van der Waals surface area contributed by atoms with Gasteiger partial charge in [0.25, 0.3) is 11.6 Å². The van der Waals surface area contributed by atoms with Gasteiger partial charge in [-0.2, -0.15) is 0 Å². The van der Waals surface area contributed by atoms with Gasteiger partial charge in [-0.05, 0) is 54.2 Å². The lowest BCUT2D eigenvalue weighted by molar-refractivity contribution is -0.384. The first-order valence-electron chi connectivity index (χ1n) is 14.5. The van der Waals surface area contributed by atoms with Crippen molar-refractivity contribution in [1.29, 1.82) is 0 Å². The Hall–Kier alpha value is -4.70. The monoisotopic (exact) mass is 584 g/mol. The van der Waals surface area contributed by atoms with Gasteiger partial charge in [-0.3, -0.25) is 19.7 Å². The van der Waals surface area contributed by atoms with Crippen LogP contribution >= 0.6 is 0 Å². The molecule has 1 saturated heterocycles. The van der Waals surface area contributed by atoms with E-state index in [0.717, 1.165) is 24.0 Å². The van der Waals surface area contributed by atoms with Gasteiger partial charge in [0, 0.05) is 43.1 Å². The molecule has 0 unspecified atom stereocenters. The van der Waals surface area contributed by atoms with Crippen LogP contribution in [0.5, 0.6) is 5.75 Å². The summed E-state index contributed by atoms with van der Waals surface area (Å²) in [5, 5.41) is 24.9. The van der Waals surface area contributed by atoms with Crippen LogP contribution < -0.4 is 10.2 Å². The number of carbonyl (C=O) groups excluding carboxylic acids is 2. The fourth-order valence-corrected chi connectivity index (χ4v) is 5.61. The highest BCUT2D eigenvalue weighted by Gasteiger charge is 2.40. The average molecular weight is 585 g/mol. The topological polar surface area (TPSA) is 125 Å². The third kappa shape index (κ3) is 6.86. The quantitative estimate of drug-likeness (QED) is 0.249. The van der Waals surface area contributed by atoms with Gasteiger partial charge < -0.3 is 25.0 Å². The summed E-state index contributed by atoms with van der Waals surface area (Å²) in [5.41, 5.74) is 2.64. The van der Waals surface area contributed by atoms with Crippen molar-refractivity contribution < 1.29 is 24.4 Å². The Kier molecular flexibility index (Phi) is 9.06. The summed E-state index contributed by atoms with van der Waals surface area (Å²) in [6.07, 6.45) is 3.99. The molecule has 2 aliphatic heterocycles. The Morgan fingerprint density at radius 1 is 1.09 bits per heavy atom. The fourth-order valence-electron chi connectivity index (χ4n) is 5.61. The van der Waals surface area contributed by atoms with Crippen LogP contribution in [-0.4, -0.2) is 52.0 Å². The summed E-state index contributed by atoms with van der Waals surface area (Å²) in [7, 11) is 0. The summed E-state index contributed by atoms with van der Waals surface area (Å²) >= 11 is 0. The average Bonchev–Trinajstić information content (AvgIpc) is 3.52. The molecule has 0 bridgehead atoms. The molecule has 0 saturated carbocycles. The van der Waals surface area contributed by atoms with Crippen molar-refractivity contribution in [3.63, 3.8) is 0 Å². The highest BCUT2D eigenvalue weighted by atomic mass is 16.6. The number of allylic oxidation sites excluding steroid dienone is 1. The molecular formula is C33H36N4O6. The van der Waals surface area contributed by atoms with Gasteiger partial charge in [-0.15, -0.1) is 0 Å². The maximum absolute atomic E-state index is 14.2. The number of benzene rings is 3. The highest BCUT2D eigenvalue weighted by Crippen LogP contribution is 2.37. The summed E-state index contributed by atoms with van der Waals surface area (Å²) in [5.74, 6) is -0.667. The molecule has 0 spiro atoms. The van der Waals surface area contributed by atoms with Crippen LogP contribution in [0.2, 0.25) is 0 Å². The molecule has 43 heavy (non-hydrogen) atoms. The molecular weight excluding hydrogens is 548 g/mol. The summed E-state index contributed by atoms with van der Waals surface area (Å²) in [4.78, 5) is 42.4. The van der Waals surface area contributed by atoms with E-state index >= 15 is 0 Å². The highest BCUT2D eigenvalue weighted by molar-refractivity contribution is 5.96.